The molecular formula is C17H26N2O3. The Morgan fingerprint density at radius 1 is 1.45 bits per heavy atom. The van der Waals surface area contributed by atoms with Gasteiger partial charge in [-0.05, 0) is 43.0 Å². The zero-order valence-electron chi connectivity index (χ0n) is 13.6. The molecule has 1 aromatic carbocycles. The molecule has 1 unspecified atom stereocenters. The van der Waals surface area contributed by atoms with Gasteiger partial charge in [0.05, 0.1) is 18.6 Å². The molecule has 0 saturated carbocycles. The van der Waals surface area contributed by atoms with Gasteiger partial charge in [-0.15, -0.1) is 0 Å². The van der Waals surface area contributed by atoms with Crippen molar-refractivity contribution in [3.05, 3.63) is 23.8 Å². The molecule has 1 aromatic rings. The standard InChI is InChI=1S/C17H26N2O3/c1-4-17(5-2,11-18)19-16(20)13-8-12-9-14(21-3)6-7-15(12)22-10-13/h6-7,9,13H,4-5,8,10-11,18H2,1-3H3,(H,19,20). The number of rotatable bonds is 6. The lowest BCUT2D eigenvalue weighted by Crippen LogP contribution is -2.55. The average Bonchev–Trinajstić information content (AvgIpc) is 2.58. The maximum absolute atomic E-state index is 12.6. The predicted octanol–water partition coefficient (Wildman–Crippen LogP) is 1.88. The molecular weight excluding hydrogens is 280 g/mol. The molecule has 0 radical (unpaired) electrons. The van der Waals surface area contributed by atoms with E-state index in [1.165, 1.54) is 0 Å². The first-order valence-electron chi connectivity index (χ1n) is 7.89. The summed E-state index contributed by atoms with van der Waals surface area (Å²) in [7, 11) is 1.63. The second kappa shape index (κ2) is 7.01. The highest BCUT2D eigenvalue weighted by molar-refractivity contribution is 5.80. The topological polar surface area (TPSA) is 73.6 Å². The van der Waals surface area contributed by atoms with Crippen LogP contribution < -0.4 is 20.5 Å². The van der Waals surface area contributed by atoms with Gasteiger partial charge in [-0.2, -0.15) is 0 Å². The summed E-state index contributed by atoms with van der Waals surface area (Å²) >= 11 is 0. The van der Waals surface area contributed by atoms with Crippen molar-refractivity contribution in [1.82, 2.24) is 5.32 Å². The lowest BCUT2D eigenvalue weighted by atomic mass is 9.90. The van der Waals surface area contributed by atoms with Crippen LogP contribution in [0.2, 0.25) is 0 Å². The minimum Gasteiger partial charge on any atom is -0.497 e. The highest BCUT2D eigenvalue weighted by Gasteiger charge is 2.32. The van der Waals surface area contributed by atoms with Crippen molar-refractivity contribution in [2.24, 2.45) is 11.7 Å². The van der Waals surface area contributed by atoms with Crippen molar-refractivity contribution in [3.63, 3.8) is 0 Å². The predicted molar refractivity (Wildman–Crippen MR) is 86.2 cm³/mol. The third-order valence-corrected chi connectivity index (χ3v) is 4.68. The number of hydrogen-bond donors (Lipinski definition) is 2. The zero-order valence-corrected chi connectivity index (χ0v) is 13.6. The number of nitrogens with two attached hydrogens (primary N) is 1. The van der Waals surface area contributed by atoms with Gasteiger partial charge in [-0.3, -0.25) is 4.79 Å². The maximum Gasteiger partial charge on any atom is 0.227 e. The molecule has 1 atom stereocenters. The Balaban J connectivity index is 2.09. The first-order chi connectivity index (χ1) is 10.6. The molecule has 3 N–H and O–H groups in total. The van der Waals surface area contributed by atoms with Crippen LogP contribution in [0.25, 0.3) is 0 Å². The van der Waals surface area contributed by atoms with Crippen molar-refractivity contribution in [1.29, 1.82) is 0 Å². The molecule has 2 rings (SSSR count). The zero-order chi connectivity index (χ0) is 16.2. The summed E-state index contributed by atoms with van der Waals surface area (Å²) in [5.74, 6) is 1.44. The minimum absolute atomic E-state index is 0.0163. The maximum atomic E-state index is 12.6. The Kier molecular flexibility index (Phi) is 5.29. The molecule has 122 valence electrons. The number of nitrogens with one attached hydrogen (secondary N) is 1. The third-order valence-electron chi connectivity index (χ3n) is 4.68. The summed E-state index contributed by atoms with van der Waals surface area (Å²) in [6, 6.07) is 5.70. The summed E-state index contributed by atoms with van der Waals surface area (Å²) in [5.41, 5.74) is 6.56. The number of hydrogen-bond acceptors (Lipinski definition) is 4. The van der Waals surface area contributed by atoms with Crippen LogP contribution in [0, 0.1) is 5.92 Å². The number of ether oxygens (including phenoxy) is 2. The first-order valence-corrected chi connectivity index (χ1v) is 7.89. The fourth-order valence-corrected chi connectivity index (χ4v) is 2.80. The average molecular weight is 306 g/mol. The lowest BCUT2D eigenvalue weighted by Gasteiger charge is -2.34. The van der Waals surface area contributed by atoms with Gasteiger partial charge in [0.2, 0.25) is 5.91 Å². The summed E-state index contributed by atoms with van der Waals surface area (Å²) in [4.78, 5) is 12.6. The Morgan fingerprint density at radius 3 is 2.77 bits per heavy atom. The minimum atomic E-state index is -0.314. The number of carbonyl (C=O) groups is 1. The number of benzene rings is 1. The molecule has 1 heterocycles. The lowest BCUT2D eigenvalue weighted by molar-refractivity contribution is -0.128. The van der Waals surface area contributed by atoms with Gasteiger partial charge in [0.25, 0.3) is 0 Å². The van der Waals surface area contributed by atoms with E-state index in [-0.39, 0.29) is 17.4 Å². The number of carbonyl (C=O) groups excluding carboxylic acids is 1. The normalized spacial score (nSPS) is 17.4. The quantitative estimate of drug-likeness (QED) is 0.841. The Morgan fingerprint density at radius 2 is 2.18 bits per heavy atom. The van der Waals surface area contributed by atoms with E-state index < -0.39 is 0 Å². The van der Waals surface area contributed by atoms with Crippen LogP contribution in [0.4, 0.5) is 0 Å². The van der Waals surface area contributed by atoms with Crippen molar-refractivity contribution in [2.75, 3.05) is 20.3 Å². The highest BCUT2D eigenvalue weighted by atomic mass is 16.5. The van der Waals surface area contributed by atoms with Gasteiger partial charge in [0.1, 0.15) is 18.1 Å². The van der Waals surface area contributed by atoms with Gasteiger partial charge in [0.15, 0.2) is 0 Å². The summed E-state index contributed by atoms with van der Waals surface area (Å²) in [6.45, 7) is 4.95. The molecule has 0 saturated heterocycles. The van der Waals surface area contributed by atoms with E-state index >= 15 is 0 Å². The summed E-state index contributed by atoms with van der Waals surface area (Å²) in [5, 5.41) is 3.13. The van der Waals surface area contributed by atoms with Crippen molar-refractivity contribution in [3.8, 4) is 11.5 Å². The largest absolute Gasteiger partial charge is 0.497 e. The SMILES string of the molecule is CCC(CC)(CN)NC(=O)C1COc2ccc(OC)cc2C1. The van der Waals surface area contributed by atoms with E-state index in [9.17, 15) is 4.79 Å². The first kappa shape index (κ1) is 16.6. The van der Waals surface area contributed by atoms with Crippen LogP contribution in [-0.4, -0.2) is 31.7 Å². The van der Waals surface area contributed by atoms with Crippen molar-refractivity contribution < 1.29 is 14.3 Å². The molecule has 22 heavy (non-hydrogen) atoms. The van der Waals surface area contributed by atoms with E-state index in [1.807, 2.05) is 32.0 Å². The molecule has 1 aliphatic rings. The highest BCUT2D eigenvalue weighted by Crippen LogP contribution is 2.31. The van der Waals surface area contributed by atoms with E-state index in [1.54, 1.807) is 7.11 Å². The number of fused-ring (bicyclic) bond motifs is 1. The van der Waals surface area contributed by atoms with Gasteiger partial charge >= 0.3 is 0 Å². The van der Waals surface area contributed by atoms with Crippen LogP contribution in [0.5, 0.6) is 11.5 Å². The Hall–Kier alpha value is -1.75. The smallest absolute Gasteiger partial charge is 0.227 e. The van der Waals surface area contributed by atoms with E-state index in [0.29, 0.717) is 19.6 Å². The molecule has 5 heteroatoms. The Bertz CT molecular complexity index is 518. The van der Waals surface area contributed by atoms with Gasteiger partial charge in [-0.25, -0.2) is 0 Å². The second-order valence-corrected chi connectivity index (χ2v) is 5.87. The van der Waals surface area contributed by atoms with E-state index in [4.69, 9.17) is 15.2 Å². The molecule has 0 fully saturated rings. The van der Waals surface area contributed by atoms with Crippen LogP contribution in [0.15, 0.2) is 18.2 Å². The van der Waals surface area contributed by atoms with E-state index in [0.717, 1.165) is 29.9 Å². The Labute approximate surface area is 132 Å². The van der Waals surface area contributed by atoms with Gasteiger partial charge in [-0.1, -0.05) is 13.8 Å². The van der Waals surface area contributed by atoms with Gasteiger partial charge < -0.3 is 20.5 Å². The van der Waals surface area contributed by atoms with Crippen LogP contribution in [-0.2, 0) is 11.2 Å². The fourth-order valence-electron chi connectivity index (χ4n) is 2.80. The van der Waals surface area contributed by atoms with Crippen molar-refractivity contribution >= 4 is 5.91 Å². The van der Waals surface area contributed by atoms with Crippen molar-refractivity contribution in [2.45, 2.75) is 38.6 Å². The molecule has 5 nitrogen and oxygen atoms in total. The second-order valence-electron chi connectivity index (χ2n) is 5.87. The third kappa shape index (κ3) is 3.35. The molecule has 0 spiro atoms. The number of methoxy groups -OCH3 is 1. The summed E-state index contributed by atoms with van der Waals surface area (Å²) in [6.07, 6.45) is 2.31. The molecule has 0 bridgehead atoms. The summed E-state index contributed by atoms with van der Waals surface area (Å²) < 4.78 is 11.0. The van der Waals surface area contributed by atoms with Crippen LogP contribution >= 0.6 is 0 Å². The van der Waals surface area contributed by atoms with Crippen LogP contribution in [0.3, 0.4) is 0 Å². The van der Waals surface area contributed by atoms with E-state index in [2.05, 4.69) is 5.32 Å². The van der Waals surface area contributed by atoms with Gasteiger partial charge in [0, 0.05) is 6.54 Å². The van der Waals surface area contributed by atoms with Crippen LogP contribution in [0.1, 0.15) is 32.3 Å². The fraction of sp³-hybridized carbons (Fsp3) is 0.588. The molecule has 0 aromatic heterocycles. The number of amides is 1. The monoisotopic (exact) mass is 306 g/mol. The molecule has 1 aliphatic heterocycles. The molecule has 1 amide bonds. The molecule has 0 aliphatic carbocycles.